The van der Waals surface area contributed by atoms with Crippen molar-refractivity contribution >= 4 is 0 Å². The minimum absolute atomic E-state index is 0.231. The summed E-state index contributed by atoms with van der Waals surface area (Å²) >= 11 is 0. The van der Waals surface area contributed by atoms with Gasteiger partial charge in [0.2, 0.25) is 0 Å². The molecule has 0 aliphatic rings. The average Bonchev–Trinajstić information content (AvgIpc) is 1.38. The molecule has 0 aromatic heterocycles. The average molecular weight is 73.1 g/mol. The highest BCUT2D eigenvalue weighted by molar-refractivity contribution is 4.90. The van der Waals surface area contributed by atoms with Gasteiger partial charge in [-0.05, 0) is 6.92 Å². The van der Waals surface area contributed by atoms with Gasteiger partial charge in [0.05, 0.1) is 0 Å². The predicted molar refractivity (Wildman–Crippen MR) is 20.2 cm³/mol. The van der Waals surface area contributed by atoms with Crippen molar-refractivity contribution in [2.45, 2.75) is 6.92 Å². The van der Waals surface area contributed by atoms with Gasteiger partial charge in [0.1, 0.15) is 0 Å². The lowest BCUT2D eigenvalue weighted by molar-refractivity contribution is 0.557. The second-order valence-corrected chi connectivity index (χ2v) is 0.791. The molecule has 0 atom stereocenters. The molecule has 0 N–H and O–H groups in total. The maximum absolute atomic E-state index is 11.2. The van der Waals surface area contributed by atoms with E-state index < -0.39 is 0 Å². The summed E-state index contributed by atoms with van der Waals surface area (Å²) in [5.74, 6) is 0. The van der Waals surface area contributed by atoms with E-state index in [2.05, 4.69) is 6.58 Å². The van der Waals surface area contributed by atoms with E-state index in [1.54, 1.807) is 0 Å². The molecule has 0 aromatic carbocycles. The van der Waals surface area contributed by atoms with Crippen molar-refractivity contribution in [3.63, 3.8) is 0 Å². The molecule has 29 valence electrons. The third-order valence-electron chi connectivity index (χ3n) is 0.281. The first-order chi connectivity index (χ1) is 2.27. The second-order valence-electron chi connectivity index (χ2n) is 0.791. The van der Waals surface area contributed by atoms with Crippen LogP contribution in [0, 0.1) is 6.17 Å². The summed E-state index contributed by atoms with van der Waals surface area (Å²) in [6.07, 6.45) is 0.935. The van der Waals surface area contributed by atoms with Crippen LogP contribution in [0.1, 0.15) is 6.92 Å². The van der Waals surface area contributed by atoms with Crippen LogP contribution in [0.4, 0.5) is 4.39 Å². The van der Waals surface area contributed by atoms with Gasteiger partial charge in [-0.1, -0.05) is 12.7 Å². The zero-order valence-electron chi connectivity index (χ0n) is 3.16. The molecule has 0 heterocycles. The van der Waals surface area contributed by atoms with Crippen LogP contribution >= 0.6 is 0 Å². The zero-order valence-corrected chi connectivity index (χ0v) is 3.16. The quantitative estimate of drug-likeness (QED) is 0.443. The molecular formula is C4H6F. The largest absolute Gasteiger partial charge is 0.236 e. The molecule has 1 radical (unpaired) electrons. The number of hydrogen-bond donors (Lipinski definition) is 0. The predicted octanol–water partition coefficient (Wildman–Crippen LogP) is 1.69. The van der Waals surface area contributed by atoms with Crippen molar-refractivity contribution in [1.82, 2.24) is 0 Å². The van der Waals surface area contributed by atoms with Gasteiger partial charge in [0, 0.05) is 0 Å². The molecule has 0 saturated heterocycles. The van der Waals surface area contributed by atoms with Gasteiger partial charge in [-0.2, -0.15) is 0 Å². The number of rotatable bonds is 1. The summed E-state index contributed by atoms with van der Waals surface area (Å²) in [6, 6.07) is 0. The van der Waals surface area contributed by atoms with E-state index in [0.717, 1.165) is 0 Å². The minimum atomic E-state index is -0.231. The van der Waals surface area contributed by atoms with E-state index in [0.29, 0.717) is 0 Å². The Labute approximate surface area is 31.3 Å². The Hall–Kier alpha value is -0.330. The summed E-state index contributed by atoms with van der Waals surface area (Å²) in [5.41, 5.74) is 0. The van der Waals surface area contributed by atoms with Gasteiger partial charge in [-0.25, -0.2) is 4.39 Å². The lowest BCUT2D eigenvalue weighted by atomic mass is 10.4. The van der Waals surface area contributed by atoms with Crippen molar-refractivity contribution in [3.8, 4) is 0 Å². The monoisotopic (exact) mass is 73.0 g/mol. The molecule has 0 nitrogen and oxygen atoms in total. The maximum atomic E-state index is 11.2. The van der Waals surface area contributed by atoms with Gasteiger partial charge in [-0.15, -0.1) is 0 Å². The van der Waals surface area contributed by atoms with Crippen molar-refractivity contribution in [2.75, 3.05) is 0 Å². The Morgan fingerprint density at radius 3 is 2.20 bits per heavy atom. The summed E-state index contributed by atoms with van der Waals surface area (Å²) in [4.78, 5) is 0. The first-order valence-electron chi connectivity index (χ1n) is 1.39. The number of allylic oxidation sites excluding steroid dienone is 1. The highest BCUT2D eigenvalue weighted by atomic mass is 19.1. The first kappa shape index (κ1) is 4.67. The van der Waals surface area contributed by atoms with E-state index in [9.17, 15) is 4.39 Å². The third-order valence-corrected chi connectivity index (χ3v) is 0.281. The van der Waals surface area contributed by atoms with Crippen molar-refractivity contribution in [3.05, 3.63) is 18.8 Å². The normalized spacial score (nSPS) is 8.60. The van der Waals surface area contributed by atoms with Crippen LogP contribution in [0.5, 0.6) is 0 Å². The molecule has 0 amide bonds. The van der Waals surface area contributed by atoms with E-state index >= 15 is 0 Å². The molecule has 0 fully saturated rings. The van der Waals surface area contributed by atoms with Gasteiger partial charge in [0.25, 0.3) is 0 Å². The molecule has 0 aliphatic heterocycles. The van der Waals surface area contributed by atoms with Gasteiger partial charge >= 0.3 is 0 Å². The van der Waals surface area contributed by atoms with Crippen molar-refractivity contribution < 1.29 is 4.39 Å². The van der Waals surface area contributed by atoms with E-state index in [-0.39, 0.29) is 6.17 Å². The molecule has 0 unspecified atom stereocenters. The summed E-state index contributed by atoms with van der Waals surface area (Å²) in [6.45, 7) is 4.50. The van der Waals surface area contributed by atoms with Crippen LogP contribution in [0.2, 0.25) is 0 Å². The molecule has 0 rings (SSSR count). The molecule has 0 aromatic rings. The molecule has 0 bridgehead atoms. The fourth-order valence-electron chi connectivity index (χ4n) is 0. The number of halogens is 1. The summed E-state index contributed by atoms with van der Waals surface area (Å²) < 4.78 is 11.2. The Morgan fingerprint density at radius 1 is 2.00 bits per heavy atom. The Bertz CT molecular complexity index is 30.6. The Balaban J connectivity index is 2.83. The molecular weight excluding hydrogens is 67.0 g/mol. The van der Waals surface area contributed by atoms with Gasteiger partial charge in [-0.3, -0.25) is 0 Å². The van der Waals surface area contributed by atoms with Gasteiger partial charge < -0.3 is 0 Å². The van der Waals surface area contributed by atoms with Crippen LogP contribution in [-0.2, 0) is 0 Å². The number of hydrogen-bond acceptors (Lipinski definition) is 0. The molecule has 0 spiro atoms. The third kappa shape index (κ3) is 3.67. The first-order valence-corrected chi connectivity index (χ1v) is 1.39. The SMILES string of the molecule is C=C[C](C)F. The fourth-order valence-corrected chi connectivity index (χ4v) is 0. The highest BCUT2D eigenvalue weighted by Gasteiger charge is 1.82. The summed E-state index contributed by atoms with van der Waals surface area (Å²) in [7, 11) is 0. The molecule has 1 heteroatoms. The molecule has 5 heavy (non-hydrogen) atoms. The topological polar surface area (TPSA) is 0 Å². The molecule has 0 saturated carbocycles. The molecule has 0 aliphatic carbocycles. The lowest BCUT2D eigenvalue weighted by Gasteiger charge is -1.77. The van der Waals surface area contributed by atoms with Crippen LogP contribution < -0.4 is 0 Å². The standard InChI is InChI=1S/C4H6F/c1-3-4(2)5/h3H,1H2,2H3. The maximum Gasteiger partial charge on any atom is 0.163 e. The van der Waals surface area contributed by atoms with Crippen molar-refractivity contribution in [2.24, 2.45) is 0 Å². The lowest BCUT2D eigenvalue weighted by Crippen LogP contribution is -1.63. The second kappa shape index (κ2) is 1.94. The van der Waals surface area contributed by atoms with Crippen LogP contribution in [0.15, 0.2) is 12.7 Å². The van der Waals surface area contributed by atoms with E-state index in [1.165, 1.54) is 13.0 Å². The van der Waals surface area contributed by atoms with E-state index in [1.807, 2.05) is 0 Å². The highest BCUT2D eigenvalue weighted by Crippen LogP contribution is 1.95. The van der Waals surface area contributed by atoms with Crippen LogP contribution in [0.25, 0.3) is 0 Å². The Kier molecular flexibility index (Phi) is 1.81. The van der Waals surface area contributed by atoms with Crippen LogP contribution in [0.3, 0.4) is 0 Å². The van der Waals surface area contributed by atoms with E-state index in [4.69, 9.17) is 0 Å². The fraction of sp³-hybridized carbons (Fsp3) is 0.250. The smallest absolute Gasteiger partial charge is 0.163 e. The zero-order chi connectivity index (χ0) is 4.28. The Morgan fingerprint density at radius 2 is 2.20 bits per heavy atom. The van der Waals surface area contributed by atoms with Gasteiger partial charge in [0.15, 0.2) is 6.17 Å². The minimum Gasteiger partial charge on any atom is -0.236 e. The summed E-state index contributed by atoms with van der Waals surface area (Å²) in [5, 5.41) is 0. The van der Waals surface area contributed by atoms with Crippen LogP contribution in [-0.4, -0.2) is 0 Å². The van der Waals surface area contributed by atoms with Crippen molar-refractivity contribution in [1.29, 1.82) is 0 Å².